The first kappa shape index (κ1) is 14.9. The lowest BCUT2D eigenvalue weighted by Gasteiger charge is -2.36. The number of halogens is 1. The van der Waals surface area contributed by atoms with Crippen LogP contribution in [0.4, 0.5) is 0 Å². The summed E-state index contributed by atoms with van der Waals surface area (Å²) in [4.78, 5) is 25.4. The number of benzene rings is 1. The molecule has 0 saturated carbocycles. The summed E-state index contributed by atoms with van der Waals surface area (Å²) in [6.07, 6.45) is 0.974. The van der Waals surface area contributed by atoms with Gasteiger partial charge in [0.15, 0.2) is 0 Å². The molecular formula is C15H18ClNO3. The Hall–Kier alpha value is -1.55. The van der Waals surface area contributed by atoms with Crippen molar-refractivity contribution in [3.8, 4) is 0 Å². The summed E-state index contributed by atoms with van der Waals surface area (Å²) in [5, 5.41) is 9.80. The molecule has 1 amide bonds. The van der Waals surface area contributed by atoms with E-state index in [-0.39, 0.29) is 5.91 Å². The molecule has 2 rings (SSSR count). The molecule has 1 heterocycles. The standard InChI is InChI=1S/C15H18ClNO3/c1-10-9-11(16)3-4-12(10)13(18)17-7-5-15(2,6-8-17)14(19)20/h3-4,9H,5-8H2,1-2H3,(H,19,20). The number of aryl methyl sites for hydroxylation is 1. The number of carboxylic acids is 1. The first-order valence-electron chi connectivity index (χ1n) is 6.62. The van der Waals surface area contributed by atoms with Crippen molar-refractivity contribution in [3.63, 3.8) is 0 Å². The van der Waals surface area contributed by atoms with Gasteiger partial charge in [0, 0.05) is 23.7 Å². The molecule has 0 bridgehead atoms. The third-order valence-corrected chi connectivity index (χ3v) is 4.32. The number of aliphatic carboxylic acids is 1. The third kappa shape index (κ3) is 2.80. The fraction of sp³-hybridized carbons (Fsp3) is 0.467. The van der Waals surface area contributed by atoms with Gasteiger partial charge < -0.3 is 10.0 Å². The molecule has 1 aromatic carbocycles. The zero-order chi connectivity index (χ0) is 14.9. The lowest BCUT2D eigenvalue weighted by molar-refractivity contribution is -0.150. The van der Waals surface area contributed by atoms with Crippen LogP contribution in [0.2, 0.25) is 5.02 Å². The quantitative estimate of drug-likeness (QED) is 0.912. The van der Waals surface area contributed by atoms with E-state index in [1.165, 1.54) is 0 Å². The van der Waals surface area contributed by atoms with Gasteiger partial charge in [-0.2, -0.15) is 0 Å². The normalized spacial score (nSPS) is 17.9. The Balaban J connectivity index is 2.11. The Labute approximate surface area is 123 Å². The van der Waals surface area contributed by atoms with Crippen molar-refractivity contribution in [2.45, 2.75) is 26.7 Å². The molecule has 0 aromatic heterocycles. The number of carbonyl (C=O) groups is 2. The van der Waals surface area contributed by atoms with Crippen LogP contribution in [0.3, 0.4) is 0 Å². The average Bonchev–Trinajstić information content (AvgIpc) is 2.38. The van der Waals surface area contributed by atoms with E-state index in [0.717, 1.165) is 5.56 Å². The molecule has 1 aliphatic heterocycles. The van der Waals surface area contributed by atoms with Crippen LogP contribution in [-0.4, -0.2) is 35.0 Å². The van der Waals surface area contributed by atoms with E-state index in [1.807, 2.05) is 6.92 Å². The number of nitrogens with zero attached hydrogens (tertiary/aromatic N) is 1. The van der Waals surface area contributed by atoms with Crippen LogP contribution < -0.4 is 0 Å². The van der Waals surface area contributed by atoms with Crippen LogP contribution >= 0.6 is 11.6 Å². The minimum Gasteiger partial charge on any atom is -0.481 e. The molecule has 0 unspecified atom stereocenters. The molecule has 1 aromatic rings. The van der Waals surface area contributed by atoms with E-state index < -0.39 is 11.4 Å². The lowest BCUT2D eigenvalue weighted by Crippen LogP contribution is -2.45. The van der Waals surface area contributed by atoms with Crippen LogP contribution in [0.1, 0.15) is 35.7 Å². The molecule has 0 radical (unpaired) electrons. The van der Waals surface area contributed by atoms with Gasteiger partial charge in [-0.15, -0.1) is 0 Å². The van der Waals surface area contributed by atoms with Crippen molar-refractivity contribution in [2.24, 2.45) is 5.41 Å². The summed E-state index contributed by atoms with van der Waals surface area (Å²) in [6.45, 7) is 4.54. The van der Waals surface area contributed by atoms with E-state index in [9.17, 15) is 14.7 Å². The highest BCUT2D eigenvalue weighted by Crippen LogP contribution is 2.32. The van der Waals surface area contributed by atoms with Crippen molar-refractivity contribution in [1.29, 1.82) is 0 Å². The molecule has 1 fully saturated rings. The summed E-state index contributed by atoms with van der Waals surface area (Å²) >= 11 is 5.89. The Morgan fingerprint density at radius 3 is 2.40 bits per heavy atom. The number of amides is 1. The van der Waals surface area contributed by atoms with Gasteiger partial charge in [0.05, 0.1) is 5.41 Å². The van der Waals surface area contributed by atoms with Gasteiger partial charge in [0.2, 0.25) is 0 Å². The second kappa shape index (κ2) is 5.44. The SMILES string of the molecule is Cc1cc(Cl)ccc1C(=O)N1CCC(C)(C(=O)O)CC1. The van der Waals surface area contributed by atoms with Crippen LogP contribution in [-0.2, 0) is 4.79 Å². The summed E-state index contributed by atoms with van der Waals surface area (Å²) in [6, 6.07) is 5.19. The van der Waals surface area contributed by atoms with E-state index in [1.54, 1.807) is 30.0 Å². The second-order valence-electron chi connectivity index (χ2n) is 5.62. The van der Waals surface area contributed by atoms with E-state index in [4.69, 9.17) is 11.6 Å². The van der Waals surface area contributed by atoms with E-state index >= 15 is 0 Å². The number of hydrogen-bond donors (Lipinski definition) is 1. The summed E-state index contributed by atoms with van der Waals surface area (Å²) in [5.41, 5.74) is 0.758. The third-order valence-electron chi connectivity index (χ3n) is 4.09. The predicted octanol–water partition coefficient (Wildman–Crippen LogP) is 2.98. The molecular weight excluding hydrogens is 278 g/mol. The molecule has 1 aliphatic rings. The molecule has 20 heavy (non-hydrogen) atoms. The number of piperidine rings is 1. The molecule has 0 spiro atoms. The first-order chi connectivity index (χ1) is 9.33. The van der Waals surface area contributed by atoms with Gasteiger partial charge in [-0.25, -0.2) is 0 Å². The Bertz CT molecular complexity index is 548. The monoisotopic (exact) mass is 295 g/mol. The van der Waals surface area contributed by atoms with Crippen LogP contribution in [0.25, 0.3) is 0 Å². The molecule has 5 heteroatoms. The van der Waals surface area contributed by atoms with Crippen molar-refractivity contribution in [2.75, 3.05) is 13.1 Å². The topological polar surface area (TPSA) is 57.6 Å². The number of carbonyl (C=O) groups excluding carboxylic acids is 1. The average molecular weight is 296 g/mol. The Morgan fingerprint density at radius 2 is 1.90 bits per heavy atom. The zero-order valence-corrected chi connectivity index (χ0v) is 12.4. The largest absolute Gasteiger partial charge is 0.481 e. The maximum Gasteiger partial charge on any atom is 0.309 e. The maximum absolute atomic E-state index is 12.4. The minimum absolute atomic E-state index is 0.0494. The van der Waals surface area contributed by atoms with Gasteiger partial charge in [-0.05, 0) is 50.5 Å². The van der Waals surface area contributed by atoms with Gasteiger partial charge in [0.1, 0.15) is 0 Å². The number of likely N-dealkylation sites (tertiary alicyclic amines) is 1. The summed E-state index contributed by atoms with van der Waals surface area (Å²) in [7, 11) is 0. The van der Waals surface area contributed by atoms with E-state index in [2.05, 4.69) is 0 Å². The van der Waals surface area contributed by atoms with Gasteiger partial charge in [-0.1, -0.05) is 11.6 Å². The van der Waals surface area contributed by atoms with Gasteiger partial charge in [-0.3, -0.25) is 9.59 Å². The zero-order valence-electron chi connectivity index (χ0n) is 11.6. The van der Waals surface area contributed by atoms with Crippen molar-refractivity contribution < 1.29 is 14.7 Å². The molecule has 0 aliphatic carbocycles. The summed E-state index contributed by atoms with van der Waals surface area (Å²) < 4.78 is 0. The highest BCUT2D eigenvalue weighted by atomic mass is 35.5. The Kier molecular flexibility index (Phi) is 4.04. The number of rotatable bonds is 2. The predicted molar refractivity (Wildman–Crippen MR) is 77.1 cm³/mol. The Morgan fingerprint density at radius 1 is 1.30 bits per heavy atom. The highest BCUT2D eigenvalue weighted by Gasteiger charge is 2.38. The highest BCUT2D eigenvalue weighted by molar-refractivity contribution is 6.30. The smallest absolute Gasteiger partial charge is 0.309 e. The fourth-order valence-electron chi connectivity index (χ4n) is 2.45. The molecule has 0 atom stereocenters. The minimum atomic E-state index is -0.785. The van der Waals surface area contributed by atoms with Crippen molar-refractivity contribution >= 4 is 23.5 Å². The summed E-state index contributed by atoms with van der Waals surface area (Å²) in [5.74, 6) is -0.834. The van der Waals surface area contributed by atoms with Crippen LogP contribution in [0.15, 0.2) is 18.2 Å². The molecule has 4 nitrogen and oxygen atoms in total. The molecule has 1 N–H and O–H groups in total. The van der Waals surface area contributed by atoms with Crippen molar-refractivity contribution in [1.82, 2.24) is 4.90 Å². The fourth-order valence-corrected chi connectivity index (χ4v) is 2.68. The second-order valence-corrected chi connectivity index (χ2v) is 6.05. The maximum atomic E-state index is 12.4. The number of hydrogen-bond acceptors (Lipinski definition) is 2. The lowest BCUT2D eigenvalue weighted by atomic mass is 9.80. The van der Waals surface area contributed by atoms with Crippen LogP contribution in [0.5, 0.6) is 0 Å². The first-order valence-corrected chi connectivity index (χ1v) is 7.00. The van der Waals surface area contributed by atoms with Gasteiger partial charge in [0.25, 0.3) is 5.91 Å². The molecule has 108 valence electrons. The number of carboxylic acid groups (broad SMARTS) is 1. The van der Waals surface area contributed by atoms with Gasteiger partial charge >= 0.3 is 5.97 Å². The van der Waals surface area contributed by atoms with Crippen molar-refractivity contribution in [3.05, 3.63) is 34.3 Å². The molecule has 1 saturated heterocycles. The van der Waals surface area contributed by atoms with Crippen LogP contribution in [0, 0.1) is 12.3 Å². The van der Waals surface area contributed by atoms with E-state index in [0.29, 0.717) is 36.5 Å².